The van der Waals surface area contributed by atoms with Gasteiger partial charge in [-0.2, -0.15) is 0 Å². The van der Waals surface area contributed by atoms with E-state index in [0.29, 0.717) is 13.1 Å². The highest BCUT2D eigenvalue weighted by Gasteiger charge is 2.26. The summed E-state index contributed by atoms with van der Waals surface area (Å²) >= 11 is 0. The molecule has 0 radical (unpaired) electrons. The lowest BCUT2D eigenvalue weighted by atomic mass is 10.1. The minimum Gasteiger partial charge on any atom is -0.508 e. The average Bonchev–Trinajstić information content (AvgIpc) is 2.85. The van der Waals surface area contributed by atoms with Crippen LogP contribution in [0.25, 0.3) is 0 Å². The van der Waals surface area contributed by atoms with Crippen molar-refractivity contribution in [1.82, 2.24) is 10.2 Å². The van der Waals surface area contributed by atoms with E-state index in [4.69, 9.17) is 0 Å². The topological polar surface area (TPSA) is 99.1 Å². The SMILES string of the molecule is COC(=O)NC1CCN(CC(=O)c2ccc(O)cc2O)C1. The summed E-state index contributed by atoms with van der Waals surface area (Å²) in [4.78, 5) is 25.1. The second kappa shape index (κ2) is 6.45. The molecule has 0 aromatic heterocycles. The van der Waals surface area contributed by atoms with E-state index >= 15 is 0 Å². The van der Waals surface area contributed by atoms with Crippen molar-refractivity contribution < 1.29 is 24.5 Å². The monoisotopic (exact) mass is 294 g/mol. The molecule has 1 atom stereocenters. The maximum Gasteiger partial charge on any atom is 0.407 e. The largest absolute Gasteiger partial charge is 0.508 e. The summed E-state index contributed by atoms with van der Waals surface area (Å²) < 4.78 is 4.53. The van der Waals surface area contributed by atoms with Crippen molar-refractivity contribution >= 4 is 11.9 Å². The van der Waals surface area contributed by atoms with E-state index in [9.17, 15) is 19.8 Å². The number of ether oxygens (including phenoxy) is 1. The molecule has 114 valence electrons. The fraction of sp³-hybridized carbons (Fsp3) is 0.429. The Morgan fingerprint density at radius 1 is 1.43 bits per heavy atom. The van der Waals surface area contributed by atoms with Gasteiger partial charge in [0.2, 0.25) is 0 Å². The molecule has 1 unspecified atom stereocenters. The lowest BCUT2D eigenvalue weighted by Gasteiger charge is -2.16. The quantitative estimate of drug-likeness (QED) is 0.707. The number of phenols is 2. The van der Waals surface area contributed by atoms with Gasteiger partial charge in [0.05, 0.1) is 19.2 Å². The average molecular weight is 294 g/mol. The third-order valence-corrected chi connectivity index (χ3v) is 3.43. The van der Waals surface area contributed by atoms with Gasteiger partial charge in [-0.25, -0.2) is 4.79 Å². The zero-order valence-corrected chi connectivity index (χ0v) is 11.7. The molecule has 0 saturated carbocycles. The third-order valence-electron chi connectivity index (χ3n) is 3.43. The van der Waals surface area contributed by atoms with E-state index in [2.05, 4.69) is 10.1 Å². The van der Waals surface area contributed by atoms with Gasteiger partial charge < -0.3 is 20.3 Å². The number of carbonyl (C=O) groups is 2. The Morgan fingerprint density at radius 2 is 2.19 bits per heavy atom. The number of nitrogens with zero attached hydrogens (tertiary/aromatic N) is 1. The Labute approximate surface area is 122 Å². The number of aromatic hydroxyl groups is 2. The number of alkyl carbamates (subject to hydrolysis) is 1. The molecule has 1 aliphatic heterocycles. The first-order chi connectivity index (χ1) is 9.99. The van der Waals surface area contributed by atoms with Gasteiger partial charge in [-0.05, 0) is 18.6 Å². The van der Waals surface area contributed by atoms with Crippen LogP contribution in [-0.2, 0) is 4.74 Å². The van der Waals surface area contributed by atoms with Gasteiger partial charge in [0.1, 0.15) is 11.5 Å². The van der Waals surface area contributed by atoms with E-state index in [1.54, 1.807) is 0 Å². The van der Waals surface area contributed by atoms with Crippen LogP contribution in [-0.4, -0.2) is 59.8 Å². The van der Waals surface area contributed by atoms with Crippen molar-refractivity contribution in [1.29, 1.82) is 0 Å². The van der Waals surface area contributed by atoms with Crippen molar-refractivity contribution in [2.45, 2.75) is 12.5 Å². The molecule has 2 rings (SSSR count). The molecule has 7 heteroatoms. The summed E-state index contributed by atoms with van der Waals surface area (Å²) in [7, 11) is 1.30. The third kappa shape index (κ3) is 3.85. The Hall–Kier alpha value is -2.28. The molecule has 3 N–H and O–H groups in total. The number of amides is 1. The number of rotatable bonds is 4. The number of hydrogen-bond acceptors (Lipinski definition) is 6. The first kappa shape index (κ1) is 15.1. The molecule has 1 amide bonds. The van der Waals surface area contributed by atoms with Gasteiger partial charge >= 0.3 is 6.09 Å². The summed E-state index contributed by atoms with van der Waals surface area (Å²) in [6.07, 6.45) is 0.258. The highest BCUT2D eigenvalue weighted by molar-refractivity contribution is 6.00. The Kier molecular flexibility index (Phi) is 4.64. The number of ketones is 1. The number of hydrogen-bond donors (Lipinski definition) is 3. The summed E-state index contributed by atoms with van der Waals surface area (Å²) in [5.74, 6) is -0.554. The number of methoxy groups -OCH3 is 1. The molecular weight excluding hydrogens is 276 g/mol. The fourth-order valence-electron chi connectivity index (χ4n) is 2.36. The molecular formula is C14H18N2O5. The summed E-state index contributed by atoms with van der Waals surface area (Å²) in [5.41, 5.74) is 0.178. The molecule has 0 spiro atoms. The van der Waals surface area contributed by atoms with E-state index in [1.165, 1.54) is 19.2 Å². The van der Waals surface area contributed by atoms with Gasteiger partial charge in [-0.3, -0.25) is 9.69 Å². The fourth-order valence-corrected chi connectivity index (χ4v) is 2.36. The normalized spacial score (nSPS) is 18.4. The lowest BCUT2D eigenvalue weighted by Crippen LogP contribution is -2.37. The molecule has 1 fully saturated rings. The Morgan fingerprint density at radius 3 is 2.86 bits per heavy atom. The Bertz CT molecular complexity index is 546. The van der Waals surface area contributed by atoms with Gasteiger partial charge in [0.15, 0.2) is 5.78 Å². The lowest BCUT2D eigenvalue weighted by molar-refractivity contribution is 0.0941. The smallest absolute Gasteiger partial charge is 0.407 e. The standard InChI is InChI=1S/C14H18N2O5/c1-21-14(20)15-9-4-5-16(7-9)8-13(19)11-3-2-10(17)6-12(11)18/h2-3,6,9,17-18H,4-5,7-8H2,1H3,(H,15,20). The van der Waals surface area contributed by atoms with Crippen LogP contribution in [0.2, 0.25) is 0 Å². The molecule has 1 saturated heterocycles. The van der Waals surface area contributed by atoms with Crippen molar-refractivity contribution in [3.05, 3.63) is 23.8 Å². The van der Waals surface area contributed by atoms with Crippen LogP contribution in [0.1, 0.15) is 16.8 Å². The van der Waals surface area contributed by atoms with E-state index in [1.807, 2.05) is 4.90 Å². The zero-order valence-electron chi connectivity index (χ0n) is 11.7. The van der Waals surface area contributed by atoms with Gasteiger partial charge in [0, 0.05) is 25.2 Å². The van der Waals surface area contributed by atoms with Crippen LogP contribution in [0.4, 0.5) is 4.79 Å². The minimum absolute atomic E-state index is 0.0429. The molecule has 1 aromatic rings. The summed E-state index contributed by atoms with van der Waals surface area (Å²) in [6, 6.07) is 3.85. The van der Waals surface area contributed by atoms with E-state index in [0.717, 1.165) is 12.5 Å². The van der Waals surface area contributed by atoms with Gasteiger partial charge in [0.25, 0.3) is 0 Å². The molecule has 7 nitrogen and oxygen atoms in total. The van der Waals surface area contributed by atoms with Crippen molar-refractivity contribution in [2.75, 3.05) is 26.7 Å². The first-order valence-corrected chi connectivity index (χ1v) is 6.61. The number of carbonyl (C=O) groups excluding carboxylic acids is 2. The van der Waals surface area contributed by atoms with Crippen molar-refractivity contribution in [3.8, 4) is 11.5 Å². The van der Waals surface area contributed by atoms with E-state index in [-0.39, 0.29) is 35.4 Å². The number of phenolic OH excluding ortho intramolecular Hbond substituents is 2. The van der Waals surface area contributed by atoms with Crippen molar-refractivity contribution in [2.24, 2.45) is 0 Å². The summed E-state index contributed by atoms with van der Waals surface area (Å²) in [6.45, 7) is 1.39. The molecule has 0 bridgehead atoms. The van der Waals surface area contributed by atoms with E-state index < -0.39 is 6.09 Å². The second-order valence-electron chi connectivity index (χ2n) is 4.98. The molecule has 1 heterocycles. The molecule has 21 heavy (non-hydrogen) atoms. The second-order valence-corrected chi connectivity index (χ2v) is 4.98. The van der Waals surface area contributed by atoms with Crippen LogP contribution < -0.4 is 5.32 Å². The number of Topliss-reactive ketones (excluding diaryl/α,β-unsaturated/α-hetero) is 1. The predicted octanol–water partition coefficient (Wildman–Crippen LogP) is 0.711. The van der Waals surface area contributed by atoms with Gasteiger partial charge in [-0.1, -0.05) is 0 Å². The first-order valence-electron chi connectivity index (χ1n) is 6.61. The van der Waals surface area contributed by atoms with Crippen LogP contribution in [0.5, 0.6) is 11.5 Å². The summed E-state index contributed by atoms with van der Waals surface area (Å²) in [5, 5.41) is 21.6. The minimum atomic E-state index is -0.482. The van der Waals surface area contributed by atoms with Crippen molar-refractivity contribution in [3.63, 3.8) is 0 Å². The number of likely N-dealkylation sites (tertiary alicyclic amines) is 1. The number of nitrogens with one attached hydrogen (secondary N) is 1. The Balaban J connectivity index is 1.90. The van der Waals surface area contributed by atoms with Crippen LogP contribution in [0, 0.1) is 0 Å². The van der Waals surface area contributed by atoms with Crippen LogP contribution in [0.15, 0.2) is 18.2 Å². The zero-order chi connectivity index (χ0) is 15.4. The highest BCUT2D eigenvalue weighted by atomic mass is 16.5. The molecule has 1 aliphatic rings. The highest BCUT2D eigenvalue weighted by Crippen LogP contribution is 2.23. The van der Waals surface area contributed by atoms with Crippen LogP contribution >= 0.6 is 0 Å². The number of benzene rings is 1. The molecule has 0 aliphatic carbocycles. The van der Waals surface area contributed by atoms with Crippen LogP contribution in [0.3, 0.4) is 0 Å². The maximum absolute atomic E-state index is 12.1. The van der Waals surface area contributed by atoms with Gasteiger partial charge in [-0.15, -0.1) is 0 Å². The predicted molar refractivity (Wildman–Crippen MR) is 74.5 cm³/mol. The maximum atomic E-state index is 12.1. The molecule has 1 aromatic carbocycles.